The quantitative estimate of drug-likeness (QED) is 0.297. The summed E-state index contributed by atoms with van der Waals surface area (Å²) in [5.41, 5.74) is 3.41. The molecule has 0 bridgehead atoms. The van der Waals surface area contributed by atoms with Crippen molar-refractivity contribution < 1.29 is 24.0 Å². The van der Waals surface area contributed by atoms with E-state index in [9.17, 15) is 24.5 Å². The van der Waals surface area contributed by atoms with Gasteiger partial charge < -0.3 is 4.74 Å². The number of hydrogen-bond acceptors (Lipinski definition) is 6. The number of amides is 2. The highest BCUT2D eigenvalue weighted by Crippen LogP contribution is 2.36. The van der Waals surface area contributed by atoms with Crippen LogP contribution in [0.3, 0.4) is 0 Å². The number of benzene rings is 2. The van der Waals surface area contributed by atoms with Gasteiger partial charge in [-0.2, -0.15) is 0 Å². The summed E-state index contributed by atoms with van der Waals surface area (Å²) in [6.45, 7) is 5.23. The van der Waals surface area contributed by atoms with Gasteiger partial charge in [0, 0.05) is 18.2 Å². The first-order valence-corrected chi connectivity index (χ1v) is 10.0. The summed E-state index contributed by atoms with van der Waals surface area (Å²) < 4.78 is 4.98. The minimum atomic E-state index is -0.525. The van der Waals surface area contributed by atoms with E-state index in [4.69, 9.17) is 4.74 Å². The second-order valence-corrected chi connectivity index (χ2v) is 7.32. The van der Waals surface area contributed by atoms with E-state index in [2.05, 4.69) is 0 Å². The number of nitro benzene ring substituents is 1. The summed E-state index contributed by atoms with van der Waals surface area (Å²) in [4.78, 5) is 50.7. The number of carbonyl (C=O) groups excluding carboxylic acids is 3. The molecular weight excluding hydrogens is 414 g/mol. The number of hydrogen-bond donors (Lipinski definition) is 0. The van der Waals surface area contributed by atoms with Gasteiger partial charge in [0.15, 0.2) is 0 Å². The SMILES string of the molecule is CCOC(=O)CN1C(=O)CN(C(=O)/C=C/c2ccc([N+](=O)[O-])cc2)c2cc(C)c(C)cc21. The van der Waals surface area contributed by atoms with Crippen LogP contribution in [0.1, 0.15) is 23.6 Å². The molecule has 0 fully saturated rings. The number of esters is 1. The Morgan fingerprint density at radius 1 is 1.12 bits per heavy atom. The highest BCUT2D eigenvalue weighted by molar-refractivity contribution is 6.15. The summed E-state index contributed by atoms with van der Waals surface area (Å²) in [6.07, 6.45) is 2.84. The number of rotatable bonds is 6. The van der Waals surface area contributed by atoms with Crippen LogP contribution in [-0.2, 0) is 19.1 Å². The van der Waals surface area contributed by atoms with Crippen molar-refractivity contribution in [1.82, 2.24) is 0 Å². The maximum atomic E-state index is 13.0. The van der Waals surface area contributed by atoms with Crippen LogP contribution in [0.5, 0.6) is 0 Å². The molecule has 9 heteroatoms. The maximum Gasteiger partial charge on any atom is 0.326 e. The number of aryl methyl sites for hydroxylation is 2. The fourth-order valence-corrected chi connectivity index (χ4v) is 3.33. The Hall–Kier alpha value is -4.01. The van der Waals surface area contributed by atoms with Crippen LogP contribution in [0.4, 0.5) is 17.1 Å². The molecule has 2 aromatic rings. The standard InChI is InChI=1S/C23H23N3O6/c1-4-32-23(29)14-25-20-12-16(3)15(2)11-19(20)24(13-22(25)28)21(27)10-7-17-5-8-18(9-6-17)26(30)31/h5-12H,4,13-14H2,1-3H3/b10-7+. The minimum absolute atomic E-state index is 0.0448. The number of anilines is 2. The van der Waals surface area contributed by atoms with Gasteiger partial charge in [-0.05, 0) is 67.8 Å². The van der Waals surface area contributed by atoms with E-state index in [1.54, 1.807) is 13.0 Å². The molecule has 0 unspecified atom stereocenters. The highest BCUT2D eigenvalue weighted by atomic mass is 16.6. The number of nitro groups is 1. The lowest BCUT2D eigenvalue weighted by molar-refractivity contribution is -0.384. The zero-order valence-electron chi connectivity index (χ0n) is 18.0. The fraction of sp³-hybridized carbons (Fsp3) is 0.261. The molecule has 2 aromatic carbocycles. The monoisotopic (exact) mass is 437 g/mol. The van der Waals surface area contributed by atoms with Gasteiger partial charge >= 0.3 is 5.97 Å². The molecule has 9 nitrogen and oxygen atoms in total. The van der Waals surface area contributed by atoms with Crippen molar-refractivity contribution >= 4 is 40.9 Å². The van der Waals surface area contributed by atoms with E-state index in [0.29, 0.717) is 16.9 Å². The number of carbonyl (C=O) groups is 3. The summed E-state index contributed by atoms with van der Waals surface area (Å²) >= 11 is 0. The van der Waals surface area contributed by atoms with Crippen molar-refractivity contribution in [1.29, 1.82) is 0 Å². The van der Waals surface area contributed by atoms with Crippen molar-refractivity contribution in [2.45, 2.75) is 20.8 Å². The third kappa shape index (κ3) is 4.83. The number of ether oxygens (including phenoxy) is 1. The van der Waals surface area contributed by atoms with E-state index in [0.717, 1.165) is 11.1 Å². The van der Waals surface area contributed by atoms with E-state index < -0.39 is 22.7 Å². The van der Waals surface area contributed by atoms with Crippen LogP contribution in [0.25, 0.3) is 6.08 Å². The summed E-state index contributed by atoms with van der Waals surface area (Å²) in [5, 5.41) is 10.8. The topological polar surface area (TPSA) is 110 Å². The lowest BCUT2D eigenvalue weighted by Gasteiger charge is -2.36. The van der Waals surface area contributed by atoms with Crippen molar-refractivity contribution in [2.75, 3.05) is 29.5 Å². The third-order valence-corrected chi connectivity index (χ3v) is 5.15. The Kier molecular flexibility index (Phi) is 6.67. The molecule has 2 amide bonds. The summed E-state index contributed by atoms with van der Waals surface area (Å²) in [5.74, 6) is -1.34. The maximum absolute atomic E-state index is 13.0. The Labute approximate surface area is 185 Å². The van der Waals surface area contributed by atoms with Gasteiger partial charge in [0.05, 0.1) is 22.9 Å². The van der Waals surface area contributed by atoms with Gasteiger partial charge in [0.1, 0.15) is 13.1 Å². The lowest BCUT2D eigenvalue weighted by atomic mass is 10.0. The van der Waals surface area contributed by atoms with Gasteiger partial charge in [-0.1, -0.05) is 0 Å². The van der Waals surface area contributed by atoms with E-state index in [1.165, 1.54) is 46.2 Å². The second-order valence-electron chi connectivity index (χ2n) is 7.32. The van der Waals surface area contributed by atoms with Gasteiger partial charge in [-0.25, -0.2) is 0 Å². The van der Waals surface area contributed by atoms with Gasteiger partial charge in [0.2, 0.25) is 5.91 Å². The molecule has 0 saturated carbocycles. The first-order valence-electron chi connectivity index (χ1n) is 10.0. The van der Waals surface area contributed by atoms with Crippen LogP contribution < -0.4 is 9.80 Å². The highest BCUT2D eigenvalue weighted by Gasteiger charge is 2.33. The first kappa shape index (κ1) is 22.7. The molecule has 0 spiro atoms. The predicted octanol–water partition coefficient (Wildman–Crippen LogP) is 3.17. The molecular formula is C23H23N3O6. The molecule has 1 aliphatic rings. The summed E-state index contributed by atoms with van der Waals surface area (Å²) in [6, 6.07) is 9.36. The van der Waals surface area contributed by atoms with Crippen LogP contribution in [0, 0.1) is 24.0 Å². The van der Waals surface area contributed by atoms with Crippen molar-refractivity contribution in [2.24, 2.45) is 0 Å². The number of nitrogens with zero attached hydrogens (tertiary/aromatic N) is 3. The Bertz CT molecular complexity index is 1110. The third-order valence-electron chi connectivity index (χ3n) is 5.15. The van der Waals surface area contributed by atoms with Crippen LogP contribution in [0.2, 0.25) is 0 Å². The van der Waals surface area contributed by atoms with Crippen LogP contribution in [0.15, 0.2) is 42.5 Å². The first-order chi connectivity index (χ1) is 15.2. The molecule has 0 atom stereocenters. The number of non-ortho nitro benzene ring substituents is 1. The van der Waals surface area contributed by atoms with Crippen molar-refractivity contribution in [3.63, 3.8) is 0 Å². The lowest BCUT2D eigenvalue weighted by Crippen LogP contribution is -2.49. The van der Waals surface area contributed by atoms with Gasteiger partial charge in [-0.3, -0.25) is 34.3 Å². The normalized spacial score (nSPS) is 13.3. The molecule has 0 aromatic heterocycles. The minimum Gasteiger partial charge on any atom is -0.465 e. The smallest absolute Gasteiger partial charge is 0.326 e. The zero-order valence-corrected chi connectivity index (χ0v) is 18.0. The number of fused-ring (bicyclic) bond motifs is 1. The summed E-state index contributed by atoms with van der Waals surface area (Å²) in [7, 11) is 0. The Morgan fingerprint density at radius 2 is 1.75 bits per heavy atom. The molecule has 0 aliphatic carbocycles. The van der Waals surface area contributed by atoms with Crippen molar-refractivity contribution in [3.05, 3.63) is 69.3 Å². The average molecular weight is 437 g/mol. The molecule has 166 valence electrons. The van der Waals surface area contributed by atoms with E-state index in [-0.39, 0.29) is 25.4 Å². The van der Waals surface area contributed by atoms with Gasteiger partial charge in [0.25, 0.3) is 11.6 Å². The van der Waals surface area contributed by atoms with Crippen LogP contribution >= 0.6 is 0 Å². The van der Waals surface area contributed by atoms with Crippen molar-refractivity contribution in [3.8, 4) is 0 Å². The molecule has 0 saturated heterocycles. The fourth-order valence-electron chi connectivity index (χ4n) is 3.33. The Morgan fingerprint density at radius 3 is 2.34 bits per heavy atom. The molecule has 1 heterocycles. The Balaban J connectivity index is 1.90. The zero-order chi connectivity index (χ0) is 23.4. The van der Waals surface area contributed by atoms with Gasteiger partial charge in [-0.15, -0.1) is 0 Å². The van der Waals surface area contributed by atoms with E-state index in [1.807, 2.05) is 19.9 Å². The predicted molar refractivity (Wildman–Crippen MR) is 119 cm³/mol. The largest absolute Gasteiger partial charge is 0.465 e. The second kappa shape index (κ2) is 9.42. The molecule has 0 radical (unpaired) electrons. The molecule has 32 heavy (non-hydrogen) atoms. The molecule has 3 rings (SSSR count). The van der Waals surface area contributed by atoms with Crippen LogP contribution in [-0.4, -0.2) is 42.4 Å². The molecule has 0 N–H and O–H groups in total. The average Bonchev–Trinajstić information content (AvgIpc) is 2.75. The van der Waals surface area contributed by atoms with E-state index >= 15 is 0 Å². The molecule has 1 aliphatic heterocycles.